The van der Waals surface area contributed by atoms with Gasteiger partial charge >= 0.3 is 0 Å². The lowest BCUT2D eigenvalue weighted by Gasteiger charge is -2.13. The van der Waals surface area contributed by atoms with Crippen molar-refractivity contribution in [2.24, 2.45) is 0 Å². The van der Waals surface area contributed by atoms with Crippen LogP contribution in [0, 0.1) is 0 Å². The largest absolute Gasteiger partial charge is 0.225 e. The van der Waals surface area contributed by atoms with Crippen LogP contribution in [-0.4, -0.2) is 28.6 Å². The highest BCUT2D eigenvalue weighted by atomic mass is 32.2. The van der Waals surface area contributed by atoms with Crippen LogP contribution in [0.1, 0.15) is 54.4 Å². The summed E-state index contributed by atoms with van der Waals surface area (Å²) in [5.41, 5.74) is 2.43. The number of sulfone groups is 1. The molecule has 1 heterocycles. The fourth-order valence-electron chi connectivity index (χ4n) is 3.12. The lowest BCUT2D eigenvalue weighted by Crippen LogP contribution is -2.16. The van der Waals surface area contributed by atoms with Crippen LogP contribution in [0.5, 0.6) is 0 Å². The highest BCUT2D eigenvalue weighted by Crippen LogP contribution is 2.38. The molecule has 116 valence electrons. The lowest BCUT2D eigenvalue weighted by molar-refractivity contribution is 0.556. The number of aromatic nitrogens is 4. The first-order chi connectivity index (χ1) is 10.6. The van der Waals surface area contributed by atoms with E-state index in [9.17, 15) is 8.42 Å². The summed E-state index contributed by atoms with van der Waals surface area (Å²) >= 11 is 0. The molecule has 0 amide bonds. The number of hydrogen-bond acceptors (Lipinski definition) is 5. The Morgan fingerprint density at radius 3 is 2.77 bits per heavy atom. The Hall–Kier alpha value is -1.76. The molecule has 0 aliphatic heterocycles. The van der Waals surface area contributed by atoms with E-state index in [4.69, 9.17) is 0 Å². The number of benzene rings is 1. The van der Waals surface area contributed by atoms with Gasteiger partial charge in [-0.2, -0.15) is 0 Å². The van der Waals surface area contributed by atoms with Gasteiger partial charge in [-0.15, -0.1) is 5.10 Å². The first-order valence-electron chi connectivity index (χ1n) is 7.71. The van der Waals surface area contributed by atoms with Gasteiger partial charge in [0.15, 0.2) is 15.7 Å². The molecule has 4 rings (SSSR count). The van der Waals surface area contributed by atoms with Gasteiger partial charge in [0, 0.05) is 0 Å². The van der Waals surface area contributed by atoms with Crippen molar-refractivity contribution < 1.29 is 8.42 Å². The maximum atomic E-state index is 12.9. The SMILES string of the molecule is C[C@@H](c1nnnn1C1CC1)S(=O)(=O)c1ccc2c(c1)CCC2. The third-order valence-electron chi connectivity index (χ3n) is 4.64. The number of hydrogen-bond donors (Lipinski definition) is 0. The Labute approximate surface area is 129 Å². The summed E-state index contributed by atoms with van der Waals surface area (Å²) in [6, 6.07) is 5.77. The number of nitrogens with zero attached hydrogens (tertiary/aromatic N) is 4. The number of rotatable bonds is 4. The van der Waals surface area contributed by atoms with Crippen LogP contribution in [-0.2, 0) is 22.7 Å². The fraction of sp³-hybridized carbons (Fsp3) is 0.533. The predicted molar refractivity (Wildman–Crippen MR) is 80.2 cm³/mol. The molecule has 0 N–H and O–H groups in total. The quantitative estimate of drug-likeness (QED) is 0.862. The van der Waals surface area contributed by atoms with E-state index in [1.807, 2.05) is 12.1 Å². The van der Waals surface area contributed by atoms with Crippen molar-refractivity contribution in [2.45, 2.75) is 55.2 Å². The van der Waals surface area contributed by atoms with Crippen molar-refractivity contribution in [1.82, 2.24) is 20.2 Å². The molecule has 2 aromatic rings. The molecule has 1 aromatic carbocycles. The number of aryl methyl sites for hydroxylation is 2. The molecular formula is C15H18N4O2S. The Morgan fingerprint density at radius 1 is 1.23 bits per heavy atom. The van der Waals surface area contributed by atoms with E-state index in [0.29, 0.717) is 10.7 Å². The van der Waals surface area contributed by atoms with Crippen molar-refractivity contribution in [1.29, 1.82) is 0 Å². The summed E-state index contributed by atoms with van der Waals surface area (Å²) in [5.74, 6) is 0.447. The zero-order valence-corrected chi connectivity index (χ0v) is 13.3. The molecule has 1 aromatic heterocycles. The molecule has 1 atom stereocenters. The van der Waals surface area contributed by atoms with E-state index in [0.717, 1.165) is 37.7 Å². The molecular weight excluding hydrogens is 300 g/mol. The van der Waals surface area contributed by atoms with Crippen LogP contribution in [0.2, 0.25) is 0 Å². The number of tetrazole rings is 1. The van der Waals surface area contributed by atoms with Crippen LogP contribution >= 0.6 is 0 Å². The first-order valence-corrected chi connectivity index (χ1v) is 9.25. The minimum absolute atomic E-state index is 0.266. The zero-order chi connectivity index (χ0) is 15.3. The molecule has 1 fully saturated rings. The second-order valence-electron chi connectivity index (χ2n) is 6.18. The summed E-state index contributed by atoms with van der Waals surface area (Å²) in [4.78, 5) is 0.381. The van der Waals surface area contributed by atoms with Gasteiger partial charge < -0.3 is 0 Å². The summed E-state index contributed by atoms with van der Waals surface area (Å²) in [6.07, 6.45) is 5.15. The van der Waals surface area contributed by atoms with Gasteiger partial charge in [0.05, 0.1) is 10.9 Å². The molecule has 2 aliphatic rings. The van der Waals surface area contributed by atoms with Crippen LogP contribution in [0.15, 0.2) is 23.1 Å². The van der Waals surface area contributed by atoms with Crippen LogP contribution < -0.4 is 0 Å². The second kappa shape index (κ2) is 4.87. The van der Waals surface area contributed by atoms with Crippen LogP contribution in [0.3, 0.4) is 0 Å². The van der Waals surface area contributed by atoms with Gasteiger partial charge in [-0.25, -0.2) is 13.1 Å². The highest BCUT2D eigenvalue weighted by molar-refractivity contribution is 7.91. The third kappa shape index (κ3) is 2.15. The van der Waals surface area contributed by atoms with E-state index >= 15 is 0 Å². The van der Waals surface area contributed by atoms with E-state index in [1.165, 1.54) is 5.56 Å². The average Bonchev–Trinajstić information content (AvgIpc) is 3.06. The van der Waals surface area contributed by atoms with E-state index < -0.39 is 15.1 Å². The van der Waals surface area contributed by atoms with E-state index in [2.05, 4.69) is 15.5 Å². The summed E-state index contributed by atoms with van der Waals surface area (Å²) in [7, 11) is -3.48. The van der Waals surface area contributed by atoms with Gasteiger partial charge in [0.2, 0.25) is 0 Å². The smallest absolute Gasteiger partial charge is 0.188 e. The third-order valence-corrected chi connectivity index (χ3v) is 6.69. The van der Waals surface area contributed by atoms with Crippen LogP contribution in [0.4, 0.5) is 0 Å². The van der Waals surface area contributed by atoms with Gasteiger partial charge in [0.25, 0.3) is 0 Å². The fourth-order valence-corrected chi connectivity index (χ4v) is 4.52. The van der Waals surface area contributed by atoms with Crippen molar-refractivity contribution in [2.75, 3.05) is 0 Å². The first kappa shape index (κ1) is 13.9. The van der Waals surface area contributed by atoms with Crippen molar-refractivity contribution >= 4 is 9.84 Å². The minimum atomic E-state index is -3.48. The topological polar surface area (TPSA) is 77.7 Å². The normalized spacial score (nSPS) is 19.1. The minimum Gasteiger partial charge on any atom is -0.225 e. The molecule has 0 bridgehead atoms. The molecule has 0 radical (unpaired) electrons. The molecule has 22 heavy (non-hydrogen) atoms. The van der Waals surface area contributed by atoms with Crippen molar-refractivity contribution in [3.8, 4) is 0 Å². The molecule has 6 nitrogen and oxygen atoms in total. The van der Waals surface area contributed by atoms with E-state index in [-0.39, 0.29) is 6.04 Å². The van der Waals surface area contributed by atoms with Gasteiger partial charge in [-0.05, 0) is 72.7 Å². The zero-order valence-electron chi connectivity index (χ0n) is 12.4. The Kier molecular flexibility index (Phi) is 3.07. The molecule has 2 aliphatic carbocycles. The molecule has 0 unspecified atom stereocenters. The maximum absolute atomic E-state index is 12.9. The van der Waals surface area contributed by atoms with Crippen molar-refractivity contribution in [3.63, 3.8) is 0 Å². The Bertz CT molecular complexity index is 824. The summed E-state index contributed by atoms with van der Waals surface area (Å²) in [6.45, 7) is 1.67. The van der Waals surface area contributed by atoms with Gasteiger partial charge in [-0.1, -0.05) is 6.07 Å². The second-order valence-corrected chi connectivity index (χ2v) is 8.45. The summed E-state index contributed by atoms with van der Waals surface area (Å²) in [5, 5.41) is 10.9. The predicted octanol–water partition coefficient (Wildman–Crippen LogP) is 2.03. The summed E-state index contributed by atoms with van der Waals surface area (Å²) < 4.78 is 27.5. The lowest BCUT2D eigenvalue weighted by atomic mass is 10.1. The molecule has 1 saturated carbocycles. The van der Waals surface area contributed by atoms with Gasteiger partial charge in [-0.3, -0.25) is 0 Å². The highest BCUT2D eigenvalue weighted by Gasteiger charge is 2.35. The monoisotopic (exact) mass is 318 g/mol. The standard InChI is InChI=1S/C15H18N4O2S/c1-10(15-16-17-18-19(15)13-6-7-13)22(20,21)14-8-5-11-3-2-4-12(11)9-14/h5,8-10,13H,2-4,6-7H2,1H3/t10-/m0/s1. The van der Waals surface area contributed by atoms with Gasteiger partial charge in [0.1, 0.15) is 5.25 Å². The number of fused-ring (bicyclic) bond motifs is 1. The molecule has 7 heteroatoms. The molecule has 0 saturated heterocycles. The molecule has 0 spiro atoms. The van der Waals surface area contributed by atoms with Crippen molar-refractivity contribution in [3.05, 3.63) is 35.2 Å². The average molecular weight is 318 g/mol. The van der Waals surface area contributed by atoms with Crippen LogP contribution in [0.25, 0.3) is 0 Å². The Balaban J connectivity index is 1.72. The maximum Gasteiger partial charge on any atom is 0.188 e. The Morgan fingerprint density at radius 2 is 2.00 bits per heavy atom. The van der Waals surface area contributed by atoms with E-state index in [1.54, 1.807) is 17.7 Å².